The zero-order chi connectivity index (χ0) is 23.1. The Kier molecular flexibility index (Phi) is 5.46. The van der Waals surface area contributed by atoms with Crippen LogP contribution < -0.4 is 10.2 Å². The molecule has 1 saturated heterocycles. The number of phenols is 1. The number of phenolic OH excluding ortho intramolecular Hbond substituents is 1. The first-order valence-corrected chi connectivity index (χ1v) is 11.4. The van der Waals surface area contributed by atoms with Gasteiger partial charge in [-0.25, -0.2) is 9.97 Å². The summed E-state index contributed by atoms with van der Waals surface area (Å²) in [5.74, 6) is 1.32. The molecule has 1 aliphatic rings. The Morgan fingerprint density at radius 1 is 1.09 bits per heavy atom. The molecule has 33 heavy (non-hydrogen) atoms. The molecular formula is C25H29N7O. The molecule has 0 spiro atoms. The fourth-order valence-corrected chi connectivity index (χ4v) is 4.42. The van der Waals surface area contributed by atoms with E-state index < -0.39 is 0 Å². The highest BCUT2D eigenvalue weighted by atomic mass is 16.3. The molecule has 1 atom stereocenters. The van der Waals surface area contributed by atoms with E-state index in [-0.39, 0.29) is 5.75 Å². The summed E-state index contributed by atoms with van der Waals surface area (Å²) < 4.78 is 2.03. The molecule has 1 fully saturated rings. The van der Waals surface area contributed by atoms with Gasteiger partial charge in [-0.3, -0.25) is 0 Å². The standard InChI is InChI=1S/C25H29N7O/c1-15(2)22-14-31(8-7-26-22)25-27-11-21(29-30-25)20-6-5-18(10-23(20)33)19-9-16(3)24-28-17(4)12-32(24)13-19/h5-6,9-13,15,22,26,33H,7-8,14H2,1-4H3. The van der Waals surface area contributed by atoms with E-state index in [0.29, 0.717) is 29.2 Å². The van der Waals surface area contributed by atoms with Crippen LogP contribution in [-0.4, -0.2) is 55.3 Å². The van der Waals surface area contributed by atoms with Crippen molar-refractivity contribution in [2.45, 2.75) is 33.7 Å². The predicted octanol–water partition coefficient (Wildman–Crippen LogP) is 3.61. The maximum Gasteiger partial charge on any atom is 0.245 e. The number of nitrogens with zero attached hydrogens (tertiary/aromatic N) is 6. The third kappa shape index (κ3) is 4.14. The van der Waals surface area contributed by atoms with Crippen LogP contribution in [0.1, 0.15) is 25.1 Å². The zero-order valence-corrected chi connectivity index (χ0v) is 19.4. The highest BCUT2D eigenvalue weighted by Crippen LogP contribution is 2.33. The number of hydrogen-bond donors (Lipinski definition) is 2. The van der Waals surface area contributed by atoms with E-state index in [4.69, 9.17) is 0 Å². The fraction of sp³-hybridized carbons (Fsp3) is 0.360. The van der Waals surface area contributed by atoms with Crippen molar-refractivity contribution in [3.05, 3.63) is 54.1 Å². The van der Waals surface area contributed by atoms with Gasteiger partial charge in [-0.2, -0.15) is 0 Å². The number of anilines is 1. The van der Waals surface area contributed by atoms with Crippen LogP contribution in [0.15, 0.2) is 42.9 Å². The minimum Gasteiger partial charge on any atom is -0.507 e. The van der Waals surface area contributed by atoms with Gasteiger partial charge in [0.2, 0.25) is 5.95 Å². The summed E-state index contributed by atoms with van der Waals surface area (Å²) in [6.45, 7) is 11.1. The summed E-state index contributed by atoms with van der Waals surface area (Å²) in [5, 5.41) is 23.0. The summed E-state index contributed by atoms with van der Waals surface area (Å²) in [6, 6.07) is 8.11. The van der Waals surface area contributed by atoms with Crippen molar-refractivity contribution in [1.29, 1.82) is 0 Å². The quantitative estimate of drug-likeness (QED) is 0.498. The van der Waals surface area contributed by atoms with E-state index in [9.17, 15) is 5.11 Å². The van der Waals surface area contributed by atoms with E-state index in [1.165, 1.54) is 0 Å². The number of nitrogens with one attached hydrogen (secondary N) is 1. The highest BCUT2D eigenvalue weighted by molar-refractivity contribution is 5.75. The average molecular weight is 444 g/mol. The van der Waals surface area contributed by atoms with Gasteiger partial charge in [0, 0.05) is 43.6 Å². The Labute approximate surface area is 193 Å². The molecule has 1 aromatic carbocycles. The number of aromatic nitrogens is 5. The number of benzene rings is 1. The lowest BCUT2D eigenvalue weighted by Gasteiger charge is -2.35. The number of aryl methyl sites for hydroxylation is 2. The van der Waals surface area contributed by atoms with Gasteiger partial charge in [0.15, 0.2) is 0 Å². The Hall–Kier alpha value is -3.52. The molecule has 0 aliphatic carbocycles. The number of aromatic hydroxyl groups is 1. The van der Waals surface area contributed by atoms with Gasteiger partial charge in [-0.1, -0.05) is 19.9 Å². The molecule has 8 heteroatoms. The molecule has 0 amide bonds. The van der Waals surface area contributed by atoms with Crippen molar-refractivity contribution < 1.29 is 5.11 Å². The minimum atomic E-state index is 0.151. The summed E-state index contributed by atoms with van der Waals surface area (Å²) in [5.41, 5.74) is 6.11. The molecule has 0 radical (unpaired) electrons. The third-order valence-electron chi connectivity index (χ3n) is 6.31. The molecule has 5 rings (SSSR count). The lowest BCUT2D eigenvalue weighted by atomic mass is 10.0. The van der Waals surface area contributed by atoms with Crippen LogP contribution in [0.4, 0.5) is 5.95 Å². The second-order valence-electron chi connectivity index (χ2n) is 9.15. The van der Waals surface area contributed by atoms with Crippen LogP contribution >= 0.6 is 0 Å². The van der Waals surface area contributed by atoms with Gasteiger partial charge < -0.3 is 19.7 Å². The van der Waals surface area contributed by atoms with E-state index in [2.05, 4.69) is 50.3 Å². The fourth-order valence-electron chi connectivity index (χ4n) is 4.42. The monoisotopic (exact) mass is 443 g/mol. The molecule has 4 aromatic rings. The summed E-state index contributed by atoms with van der Waals surface area (Å²) in [7, 11) is 0. The average Bonchev–Trinajstić information content (AvgIpc) is 3.20. The number of pyridine rings is 1. The van der Waals surface area contributed by atoms with Crippen molar-refractivity contribution in [3.8, 4) is 28.1 Å². The number of hydrogen-bond acceptors (Lipinski definition) is 7. The van der Waals surface area contributed by atoms with Crippen LogP contribution in [0.3, 0.4) is 0 Å². The first-order valence-electron chi connectivity index (χ1n) is 11.4. The van der Waals surface area contributed by atoms with Crippen molar-refractivity contribution in [3.63, 3.8) is 0 Å². The first kappa shape index (κ1) is 21.3. The molecule has 0 bridgehead atoms. The summed E-state index contributed by atoms with van der Waals surface area (Å²) in [4.78, 5) is 11.3. The summed E-state index contributed by atoms with van der Waals surface area (Å²) in [6.07, 6.45) is 5.73. The minimum absolute atomic E-state index is 0.151. The van der Waals surface area contributed by atoms with Crippen molar-refractivity contribution in [1.82, 2.24) is 29.9 Å². The van der Waals surface area contributed by atoms with Gasteiger partial charge in [0.25, 0.3) is 0 Å². The topological polar surface area (TPSA) is 91.5 Å². The molecule has 8 nitrogen and oxygen atoms in total. The van der Waals surface area contributed by atoms with Crippen LogP contribution in [0.25, 0.3) is 28.0 Å². The SMILES string of the molecule is Cc1cn2cc(-c3ccc(-c4cnc(N5CCNC(C(C)C)C5)nn4)c(O)c3)cc(C)c2n1. The van der Waals surface area contributed by atoms with E-state index >= 15 is 0 Å². The van der Waals surface area contributed by atoms with Crippen LogP contribution in [0.5, 0.6) is 5.75 Å². The molecule has 3 aromatic heterocycles. The van der Waals surface area contributed by atoms with Gasteiger partial charge in [0.05, 0.1) is 11.9 Å². The summed E-state index contributed by atoms with van der Waals surface area (Å²) >= 11 is 0. The second-order valence-corrected chi connectivity index (χ2v) is 9.15. The lowest BCUT2D eigenvalue weighted by Crippen LogP contribution is -2.53. The molecule has 170 valence electrons. The smallest absolute Gasteiger partial charge is 0.245 e. The second kappa shape index (κ2) is 8.44. The highest BCUT2D eigenvalue weighted by Gasteiger charge is 2.23. The Morgan fingerprint density at radius 2 is 1.94 bits per heavy atom. The largest absolute Gasteiger partial charge is 0.507 e. The predicted molar refractivity (Wildman–Crippen MR) is 129 cm³/mol. The molecule has 1 unspecified atom stereocenters. The maximum atomic E-state index is 10.8. The van der Waals surface area contributed by atoms with E-state index in [1.54, 1.807) is 12.3 Å². The Morgan fingerprint density at radius 3 is 2.67 bits per heavy atom. The maximum absolute atomic E-state index is 10.8. The zero-order valence-electron chi connectivity index (χ0n) is 19.4. The third-order valence-corrected chi connectivity index (χ3v) is 6.31. The van der Waals surface area contributed by atoms with Gasteiger partial charge in [0.1, 0.15) is 17.1 Å². The molecule has 0 saturated carbocycles. The Bertz CT molecular complexity index is 1300. The van der Waals surface area contributed by atoms with E-state index in [1.807, 2.05) is 42.8 Å². The van der Waals surface area contributed by atoms with E-state index in [0.717, 1.165) is 47.7 Å². The lowest BCUT2D eigenvalue weighted by molar-refractivity contribution is 0.365. The molecule has 2 N–H and O–H groups in total. The molecule has 1 aliphatic heterocycles. The van der Waals surface area contributed by atoms with Gasteiger partial charge in [-0.15, -0.1) is 10.2 Å². The Balaban J connectivity index is 1.40. The molecular weight excluding hydrogens is 414 g/mol. The molecule has 4 heterocycles. The number of imidazole rings is 1. The van der Waals surface area contributed by atoms with Gasteiger partial charge >= 0.3 is 0 Å². The van der Waals surface area contributed by atoms with Crippen LogP contribution in [-0.2, 0) is 0 Å². The van der Waals surface area contributed by atoms with Crippen LogP contribution in [0.2, 0.25) is 0 Å². The number of piperazine rings is 1. The van der Waals surface area contributed by atoms with Crippen LogP contribution in [0, 0.1) is 19.8 Å². The normalized spacial score (nSPS) is 16.6. The first-order chi connectivity index (χ1) is 15.9. The van der Waals surface area contributed by atoms with Crippen molar-refractivity contribution in [2.75, 3.05) is 24.5 Å². The number of rotatable bonds is 4. The van der Waals surface area contributed by atoms with Crippen molar-refractivity contribution >= 4 is 11.6 Å². The van der Waals surface area contributed by atoms with Gasteiger partial charge in [-0.05, 0) is 54.7 Å². The van der Waals surface area contributed by atoms with Crippen molar-refractivity contribution in [2.24, 2.45) is 5.92 Å². The number of fused-ring (bicyclic) bond motifs is 1.